The number of rotatable bonds is 7. The van der Waals surface area contributed by atoms with E-state index in [0.29, 0.717) is 33.7 Å². The van der Waals surface area contributed by atoms with Gasteiger partial charge in [-0.25, -0.2) is 0 Å². The Balaban J connectivity index is 2.06. The van der Waals surface area contributed by atoms with Crippen LogP contribution >= 0.6 is 11.8 Å². The van der Waals surface area contributed by atoms with Crippen molar-refractivity contribution in [3.63, 3.8) is 0 Å². The number of hydrogen-bond acceptors (Lipinski definition) is 4. The van der Waals surface area contributed by atoms with Crippen LogP contribution in [0.2, 0.25) is 0 Å². The maximum absolute atomic E-state index is 12.3. The lowest BCUT2D eigenvalue weighted by molar-refractivity contribution is -0.112. The second kappa shape index (κ2) is 9.74. The second-order valence-electron chi connectivity index (χ2n) is 5.76. The summed E-state index contributed by atoms with van der Waals surface area (Å²) in [5.74, 6) is -2.38. The highest BCUT2D eigenvalue weighted by molar-refractivity contribution is 7.99. The summed E-state index contributed by atoms with van der Waals surface area (Å²) in [7, 11) is 0. The molecule has 0 bridgehead atoms. The van der Waals surface area contributed by atoms with Crippen LogP contribution in [0.15, 0.2) is 59.0 Å². The maximum atomic E-state index is 12.3. The van der Waals surface area contributed by atoms with Crippen molar-refractivity contribution in [2.45, 2.75) is 30.6 Å². The van der Waals surface area contributed by atoms with Crippen molar-refractivity contribution in [1.82, 2.24) is 0 Å². The number of halogens is 2. The van der Waals surface area contributed by atoms with E-state index in [4.69, 9.17) is 4.74 Å². The monoisotopic (exact) mass is 388 g/mol. The Bertz CT molecular complexity index is 842. The molecule has 4 nitrogen and oxygen atoms in total. The zero-order valence-corrected chi connectivity index (χ0v) is 15.6. The van der Waals surface area contributed by atoms with Gasteiger partial charge in [0.05, 0.1) is 6.10 Å². The minimum absolute atomic E-state index is 0.0531. The van der Waals surface area contributed by atoms with Crippen molar-refractivity contribution in [2.75, 3.05) is 5.32 Å². The van der Waals surface area contributed by atoms with Crippen molar-refractivity contribution < 1.29 is 18.3 Å². The Morgan fingerprint density at radius 3 is 2.30 bits per heavy atom. The number of nitrogens with one attached hydrogen (secondary N) is 1. The molecule has 0 fully saturated rings. The lowest BCUT2D eigenvalue weighted by Gasteiger charge is -2.09. The number of thioether (sulfide) groups is 1. The van der Waals surface area contributed by atoms with E-state index >= 15 is 0 Å². The second-order valence-corrected chi connectivity index (χ2v) is 6.83. The third-order valence-electron chi connectivity index (χ3n) is 3.27. The molecule has 0 aliphatic rings. The summed E-state index contributed by atoms with van der Waals surface area (Å²) in [5.41, 5.74) is 1.03. The number of nitriles is 1. The van der Waals surface area contributed by atoms with Crippen LogP contribution < -0.4 is 10.1 Å². The van der Waals surface area contributed by atoms with Crippen LogP contribution in [0.1, 0.15) is 19.4 Å². The van der Waals surface area contributed by atoms with E-state index in [9.17, 15) is 18.8 Å². The SMILES string of the molecule is CC(C)Oc1ccc(/C=C(\C#N)C(=O)Nc2ccc(SC(F)F)cc2)cc1. The quantitative estimate of drug-likeness (QED) is 0.395. The first-order valence-electron chi connectivity index (χ1n) is 8.12. The summed E-state index contributed by atoms with van der Waals surface area (Å²) in [6, 6.07) is 14.9. The molecule has 140 valence electrons. The van der Waals surface area contributed by atoms with Crippen molar-refractivity contribution in [2.24, 2.45) is 0 Å². The molecule has 0 atom stereocenters. The third-order valence-corrected chi connectivity index (χ3v) is 3.99. The number of anilines is 1. The van der Waals surface area contributed by atoms with Crippen LogP contribution in [0.3, 0.4) is 0 Å². The smallest absolute Gasteiger partial charge is 0.288 e. The minimum Gasteiger partial charge on any atom is -0.491 e. The number of benzene rings is 2. The van der Waals surface area contributed by atoms with Crippen molar-refractivity contribution in [3.05, 3.63) is 59.7 Å². The van der Waals surface area contributed by atoms with E-state index in [1.54, 1.807) is 24.3 Å². The molecule has 0 aliphatic heterocycles. The lowest BCUT2D eigenvalue weighted by atomic mass is 10.1. The van der Waals surface area contributed by atoms with E-state index in [-0.39, 0.29) is 11.7 Å². The predicted octanol–water partition coefficient (Wildman–Crippen LogP) is 5.33. The molecule has 0 radical (unpaired) electrons. The summed E-state index contributed by atoms with van der Waals surface area (Å²) in [6.07, 6.45) is 1.52. The van der Waals surface area contributed by atoms with Gasteiger partial charge in [0.25, 0.3) is 11.7 Å². The number of ether oxygens (including phenoxy) is 1. The minimum atomic E-state index is -2.50. The summed E-state index contributed by atoms with van der Waals surface area (Å²) in [4.78, 5) is 12.7. The van der Waals surface area contributed by atoms with E-state index in [1.165, 1.54) is 30.3 Å². The molecule has 0 saturated carbocycles. The molecule has 0 saturated heterocycles. The number of carbonyl (C=O) groups is 1. The van der Waals surface area contributed by atoms with Gasteiger partial charge >= 0.3 is 0 Å². The lowest BCUT2D eigenvalue weighted by Crippen LogP contribution is -2.13. The molecule has 2 aromatic carbocycles. The highest BCUT2D eigenvalue weighted by Crippen LogP contribution is 2.26. The largest absolute Gasteiger partial charge is 0.491 e. The number of hydrogen-bond donors (Lipinski definition) is 1. The zero-order valence-electron chi connectivity index (χ0n) is 14.8. The Labute approximate surface area is 160 Å². The molecule has 1 amide bonds. The van der Waals surface area contributed by atoms with Crippen LogP contribution in [0.25, 0.3) is 6.08 Å². The molecule has 7 heteroatoms. The van der Waals surface area contributed by atoms with Crippen molar-refractivity contribution >= 4 is 29.4 Å². The average molecular weight is 388 g/mol. The fraction of sp³-hybridized carbons (Fsp3) is 0.200. The topological polar surface area (TPSA) is 62.1 Å². The standard InChI is InChI=1S/C20H18F2N2O2S/c1-13(2)26-17-7-3-14(4-8-17)11-15(12-23)19(25)24-16-5-9-18(10-6-16)27-20(21)22/h3-11,13,20H,1-2H3,(H,24,25)/b15-11+. The normalized spacial score (nSPS) is 11.4. The summed E-state index contributed by atoms with van der Waals surface area (Å²) in [5, 5.41) is 11.8. The number of amides is 1. The predicted molar refractivity (Wildman–Crippen MR) is 103 cm³/mol. The molecule has 2 aromatic rings. The molecule has 27 heavy (non-hydrogen) atoms. The van der Waals surface area contributed by atoms with E-state index in [0.717, 1.165) is 0 Å². The number of carbonyl (C=O) groups excluding carboxylic acids is 1. The number of nitrogens with zero attached hydrogens (tertiary/aromatic N) is 1. The van der Waals surface area contributed by atoms with Crippen LogP contribution in [0, 0.1) is 11.3 Å². The Hall–Kier alpha value is -2.85. The first-order valence-corrected chi connectivity index (χ1v) is 9.00. The van der Waals surface area contributed by atoms with Crippen LogP contribution in [-0.2, 0) is 4.79 Å². The first-order chi connectivity index (χ1) is 12.9. The summed E-state index contributed by atoms with van der Waals surface area (Å²) >= 11 is 0.423. The highest BCUT2D eigenvalue weighted by Gasteiger charge is 2.10. The average Bonchev–Trinajstić information content (AvgIpc) is 2.61. The van der Waals surface area contributed by atoms with Gasteiger partial charge in [-0.15, -0.1) is 0 Å². The van der Waals surface area contributed by atoms with Crippen LogP contribution in [0.4, 0.5) is 14.5 Å². The molecule has 1 N–H and O–H groups in total. The third kappa shape index (κ3) is 6.76. The van der Waals surface area contributed by atoms with Crippen molar-refractivity contribution in [1.29, 1.82) is 5.26 Å². The van der Waals surface area contributed by atoms with Gasteiger partial charge in [-0.05, 0) is 61.9 Å². The Kier molecular flexibility index (Phi) is 7.38. The fourth-order valence-electron chi connectivity index (χ4n) is 2.15. The van der Waals surface area contributed by atoms with Gasteiger partial charge in [0.2, 0.25) is 0 Å². The molecule has 0 unspecified atom stereocenters. The van der Waals surface area contributed by atoms with Gasteiger partial charge in [-0.1, -0.05) is 23.9 Å². The van der Waals surface area contributed by atoms with Crippen LogP contribution in [0.5, 0.6) is 5.75 Å². The molecule has 0 aliphatic carbocycles. The van der Waals surface area contributed by atoms with E-state index in [2.05, 4.69) is 5.32 Å². The van der Waals surface area contributed by atoms with E-state index < -0.39 is 11.7 Å². The van der Waals surface area contributed by atoms with E-state index in [1.807, 2.05) is 19.9 Å². The van der Waals surface area contributed by atoms with Crippen molar-refractivity contribution in [3.8, 4) is 11.8 Å². The molecular weight excluding hydrogens is 370 g/mol. The maximum Gasteiger partial charge on any atom is 0.288 e. The molecule has 0 aromatic heterocycles. The Morgan fingerprint density at radius 1 is 1.15 bits per heavy atom. The van der Waals surface area contributed by atoms with Crippen LogP contribution in [-0.4, -0.2) is 17.8 Å². The van der Waals surface area contributed by atoms with Gasteiger partial charge in [0.15, 0.2) is 0 Å². The highest BCUT2D eigenvalue weighted by atomic mass is 32.2. The molecule has 0 heterocycles. The molecule has 2 rings (SSSR count). The van der Waals surface area contributed by atoms with Gasteiger partial charge in [-0.3, -0.25) is 4.79 Å². The van der Waals surface area contributed by atoms with Gasteiger partial charge in [0, 0.05) is 10.6 Å². The Morgan fingerprint density at radius 2 is 1.78 bits per heavy atom. The number of alkyl halides is 2. The summed E-state index contributed by atoms with van der Waals surface area (Å²) < 4.78 is 30.2. The zero-order chi connectivity index (χ0) is 19.8. The van der Waals surface area contributed by atoms with Gasteiger partial charge < -0.3 is 10.1 Å². The van der Waals surface area contributed by atoms with Gasteiger partial charge in [-0.2, -0.15) is 14.0 Å². The van der Waals surface area contributed by atoms with Gasteiger partial charge in [0.1, 0.15) is 17.4 Å². The molecule has 0 spiro atoms. The first kappa shape index (κ1) is 20.5. The summed E-state index contributed by atoms with van der Waals surface area (Å²) in [6.45, 7) is 3.84. The molecular formula is C20H18F2N2O2S. The fourth-order valence-corrected chi connectivity index (χ4v) is 2.65.